The van der Waals surface area contributed by atoms with Crippen LogP contribution in [0.15, 0.2) is 42.5 Å². The van der Waals surface area contributed by atoms with E-state index in [1.807, 2.05) is 0 Å². The van der Waals surface area contributed by atoms with E-state index in [0.717, 1.165) is 0 Å². The third-order valence-corrected chi connectivity index (χ3v) is 3.33. The lowest BCUT2D eigenvalue weighted by atomic mass is 10.1. The molecule has 2 aromatic rings. The van der Waals surface area contributed by atoms with Crippen molar-refractivity contribution >= 4 is 11.9 Å². The number of allylic oxidation sites excluding steroid dienone is 1. The largest absolute Gasteiger partial charge is 0.507 e. The van der Waals surface area contributed by atoms with Crippen molar-refractivity contribution in [3.05, 3.63) is 53.6 Å². The van der Waals surface area contributed by atoms with Gasteiger partial charge in [0.05, 0.1) is 26.9 Å². The van der Waals surface area contributed by atoms with Gasteiger partial charge in [-0.3, -0.25) is 4.79 Å². The van der Waals surface area contributed by atoms with Crippen LogP contribution in [0.3, 0.4) is 0 Å². The molecule has 0 unspecified atom stereocenters. The summed E-state index contributed by atoms with van der Waals surface area (Å²) in [5.74, 6) is 1.33. The molecule has 0 spiro atoms. The molecule has 2 aromatic carbocycles. The fourth-order valence-electron chi connectivity index (χ4n) is 2.12. The molecule has 1 N–H and O–H groups in total. The molecule has 0 aliphatic carbocycles. The van der Waals surface area contributed by atoms with Crippen molar-refractivity contribution in [2.45, 2.75) is 0 Å². The Balaban J connectivity index is 2.29. The Hall–Kier alpha value is -2.95. The summed E-state index contributed by atoms with van der Waals surface area (Å²) in [6, 6.07) is 9.83. The number of ketones is 1. The zero-order valence-electron chi connectivity index (χ0n) is 13.2. The second kappa shape index (κ2) is 7.35. The number of benzene rings is 2. The molecular weight excluding hydrogens is 296 g/mol. The molecule has 5 heteroatoms. The molecule has 5 nitrogen and oxygen atoms in total. The fourth-order valence-corrected chi connectivity index (χ4v) is 2.12. The van der Waals surface area contributed by atoms with Gasteiger partial charge < -0.3 is 19.3 Å². The van der Waals surface area contributed by atoms with Gasteiger partial charge in [0.15, 0.2) is 17.3 Å². The summed E-state index contributed by atoms with van der Waals surface area (Å²) in [7, 11) is 4.54. The lowest BCUT2D eigenvalue weighted by molar-refractivity contribution is 0.104. The number of hydrogen-bond acceptors (Lipinski definition) is 5. The average molecular weight is 314 g/mol. The Morgan fingerprint density at radius 3 is 2.30 bits per heavy atom. The van der Waals surface area contributed by atoms with Crippen LogP contribution in [0.2, 0.25) is 0 Å². The van der Waals surface area contributed by atoms with Gasteiger partial charge in [-0.25, -0.2) is 0 Å². The van der Waals surface area contributed by atoms with Crippen LogP contribution < -0.4 is 14.2 Å². The van der Waals surface area contributed by atoms with Crippen LogP contribution in [0.1, 0.15) is 15.9 Å². The number of aromatic hydroxyl groups is 1. The predicted molar refractivity (Wildman–Crippen MR) is 87.6 cm³/mol. The van der Waals surface area contributed by atoms with Crippen molar-refractivity contribution in [2.75, 3.05) is 21.3 Å². The van der Waals surface area contributed by atoms with Gasteiger partial charge in [0.25, 0.3) is 0 Å². The second-order valence-corrected chi connectivity index (χ2v) is 4.66. The highest BCUT2D eigenvalue weighted by atomic mass is 16.5. The summed E-state index contributed by atoms with van der Waals surface area (Å²) in [5, 5.41) is 9.88. The number of carbonyl (C=O) groups is 1. The molecule has 23 heavy (non-hydrogen) atoms. The smallest absolute Gasteiger partial charge is 0.185 e. The Morgan fingerprint density at radius 2 is 1.65 bits per heavy atom. The van der Waals surface area contributed by atoms with Gasteiger partial charge in [0, 0.05) is 5.56 Å². The molecule has 0 fully saturated rings. The van der Waals surface area contributed by atoms with Crippen molar-refractivity contribution in [3.63, 3.8) is 0 Å². The quantitative estimate of drug-likeness (QED) is 0.654. The number of phenols is 1. The van der Waals surface area contributed by atoms with Crippen LogP contribution in [0.4, 0.5) is 0 Å². The topological polar surface area (TPSA) is 65.0 Å². The first-order valence-corrected chi connectivity index (χ1v) is 6.91. The molecule has 0 saturated carbocycles. The van der Waals surface area contributed by atoms with Crippen LogP contribution in [0, 0.1) is 0 Å². The number of ether oxygens (including phenoxy) is 3. The van der Waals surface area contributed by atoms with E-state index in [1.54, 1.807) is 30.3 Å². The van der Waals surface area contributed by atoms with E-state index in [9.17, 15) is 9.90 Å². The minimum absolute atomic E-state index is 0.0423. The molecule has 120 valence electrons. The van der Waals surface area contributed by atoms with Crippen molar-refractivity contribution < 1.29 is 24.1 Å². The molecule has 0 aliphatic rings. The Morgan fingerprint density at radius 1 is 0.957 bits per heavy atom. The highest BCUT2D eigenvalue weighted by Crippen LogP contribution is 2.30. The molecule has 0 aromatic heterocycles. The SMILES string of the molecule is COc1ccc(C(=O)C=Cc2c(O)cccc2OC)cc1OC. The fraction of sp³-hybridized carbons (Fsp3) is 0.167. The molecule has 0 heterocycles. The maximum absolute atomic E-state index is 12.3. The molecule has 0 atom stereocenters. The van der Waals surface area contributed by atoms with E-state index < -0.39 is 0 Å². The van der Waals surface area contributed by atoms with Crippen molar-refractivity contribution in [1.82, 2.24) is 0 Å². The zero-order chi connectivity index (χ0) is 16.8. The molecule has 0 amide bonds. The lowest BCUT2D eigenvalue weighted by Gasteiger charge is -2.08. The Labute approximate surface area is 134 Å². The van der Waals surface area contributed by atoms with Crippen LogP contribution in [0.25, 0.3) is 6.08 Å². The number of phenolic OH excluding ortho intramolecular Hbond substituents is 1. The second-order valence-electron chi connectivity index (χ2n) is 4.66. The van der Waals surface area contributed by atoms with Gasteiger partial charge in [-0.05, 0) is 42.5 Å². The van der Waals surface area contributed by atoms with Gasteiger partial charge in [-0.15, -0.1) is 0 Å². The lowest BCUT2D eigenvalue weighted by Crippen LogP contribution is -1.97. The van der Waals surface area contributed by atoms with Crippen LogP contribution in [-0.4, -0.2) is 32.2 Å². The normalized spacial score (nSPS) is 10.6. The highest BCUT2D eigenvalue weighted by Gasteiger charge is 2.10. The van der Waals surface area contributed by atoms with Gasteiger partial charge in [-0.1, -0.05) is 6.07 Å². The van der Waals surface area contributed by atoms with Gasteiger partial charge in [0.1, 0.15) is 11.5 Å². The van der Waals surface area contributed by atoms with E-state index in [0.29, 0.717) is 28.4 Å². The molecule has 0 radical (unpaired) electrons. The summed E-state index contributed by atoms with van der Waals surface area (Å²) in [6.45, 7) is 0. The summed E-state index contributed by atoms with van der Waals surface area (Å²) in [4.78, 5) is 12.3. The third kappa shape index (κ3) is 3.63. The average Bonchev–Trinajstić information content (AvgIpc) is 2.59. The zero-order valence-corrected chi connectivity index (χ0v) is 13.2. The number of hydrogen-bond donors (Lipinski definition) is 1. The van der Waals surface area contributed by atoms with Gasteiger partial charge in [0.2, 0.25) is 0 Å². The van der Waals surface area contributed by atoms with Crippen LogP contribution in [-0.2, 0) is 0 Å². The maximum Gasteiger partial charge on any atom is 0.185 e. The molecule has 0 bridgehead atoms. The minimum atomic E-state index is -0.226. The van der Waals surface area contributed by atoms with Crippen molar-refractivity contribution in [2.24, 2.45) is 0 Å². The number of rotatable bonds is 6. The number of carbonyl (C=O) groups excluding carboxylic acids is 1. The monoisotopic (exact) mass is 314 g/mol. The van der Waals surface area contributed by atoms with E-state index in [1.165, 1.54) is 39.5 Å². The van der Waals surface area contributed by atoms with Crippen LogP contribution in [0.5, 0.6) is 23.0 Å². The summed E-state index contributed by atoms with van der Waals surface area (Å²) < 4.78 is 15.5. The summed E-state index contributed by atoms with van der Waals surface area (Å²) in [5.41, 5.74) is 0.900. The standard InChI is InChI=1S/C18H18O5/c1-21-16-6-4-5-15(20)13(16)8-9-14(19)12-7-10-17(22-2)18(11-12)23-3/h4-11,20H,1-3H3. The maximum atomic E-state index is 12.3. The van der Waals surface area contributed by atoms with Crippen molar-refractivity contribution in [1.29, 1.82) is 0 Å². The first-order chi connectivity index (χ1) is 11.1. The van der Waals surface area contributed by atoms with E-state index >= 15 is 0 Å². The van der Waals surface area contributed by atoms with E-state index in [-0.39, 0.29) is 11.5 Å². The van der Waals surface area contributed by atoms with Crippen LogP contribution >= 0.6 is 0 Å². The predicted octanol–water partition coefficient (Wildman–Crippen LogP) is 3.31. The summed E-state index contributed by atoms with van der Waals surface area (Å²) in [6.07, 6.45) is 2.89. The molecule has 0 aliphatic heterocycles. The van der Waals surface area contributed by atoms with E-state index in [4.69, 9.17) is 14.2 Å². The Kier molecular flexibility index (Phi) is 5.25. The van der Waals surface area contributed by atoms with E-state index in [2.05, 4.69) is 0 Å². The summed E-state index contributed by atoms with van der Waals surface area (Å²) >= 11 is 0. The Bertz CT molecular complexity index is 734. The first-order valence-electron chi connectivity index (χ1n) is 6.91. The molecular formula is C18H18O5. The minimum Gasteiger partial charge on any atom is -0.507 e. The van der Waals surface area contributed by atoms with Gasteiger partial charge >= 0.3 is 0 Å². The third-order valence-electron chi connectivity index (χ3n) is 3.33. The highest BCUT2D eigenvalue weighted by molar-refractivity contribution is 6.07. The number of methoxy groups -OCH3 is 3. The van der Waals surface area contributed by atoms with Gasteiger partial charge in [-0.2, -0.15) is 0 Å². The molecule has 0 saturated heterocycles. The first kappa shape index (κ1) is 16.4. The molecule has 2 rings (SSSR count). The van der Waals surface area contributed by atoms with Crippen molar-refractivity contribution in [3.8, 4) is 23.0 Å².